The third-order valence-corrected chi connectivity index (χ3v) is 4.79. The number of hydrogen-bond acceptors (Lipinski definition) is 2. The Kier molecular flexibility index (Phi) is 3.62. The van der Waals surface area contributed by atoms with Gasteiger partial charge in [-0.1, -0.05) is 40.2 Å². The van der Waals surface area contributed by atoms with E-state index in [-0.39, 0.29) is 0 Å². The molecular weight excluding hydrogens is 308 g/mol. The quantitative estimate of drug-likeness (QED) is 0.809. The first-order valence-corrected chi connectivity index (χ1v) is 7.71. The smallest absolute Gasteiger partial charge is 0.120 e. The molecule has 3 heteroatoms. The number of hydrogen-bond donors (Lipinski definition) is 0. The SMILES string of the molecule is Brc1cccc(OCC2CSc3ccccc32)c1. The van der Waals surface area contributed by atoms with E-state index < -0.39 is 0 Å². The van der Waals surface area contributed by atoms with Crippen LogP contribution in [0.4, 0.5) is 0 Å². The van der Waals surface area contributed by atoms with Gasteiger partial charge in [0.05, 0.1) is 6.61 Å². The van der Waals surface area contributed by atoms with Gasteiger partial charge in [-0.2, -0.15) is 0 Å². The maximum absolute atomic E-state index is 5.88. The van der Waals surface area contributed by atoms with Crippen molar-refractivity contribution >= 4 is 27.7 Å². The first-order valence-electron chi connectivity index (χ1n) is 5.93. The van der Waals surface area contributed by atoms with Crippen molar-refractivity contribution in [2.75, 3.05) is 12.4 Å². The molecule has 3 rings (SSSR count). The molecule has 0 saturated heterocycles. The number of fused-ring (bicyclic) bond motifs is 1. The normalized spacial score (nSPS) is 17.5. The molecule has 2 aromatic rings. The van der Waals surface area contributed by atoms with E-state index >= 15 is 0 Å². The van der Waals surface area contributed by atoms with Crippen LogP contribution in [0.3, 0.4) is 0 Å². The van der Waals surface area contributed by atoms with Crippen LogP contribution in [0.15, 0.2) is 57.9 Å². The van der Waals surface area contributed by atoms with Gasteiger partial charge in [-0.25, -0.2) is 0 Å². The second kappa shape index (κ2) is 5.37. The summed E-state index contributed by atoms with van der Waals surface area (Å²) >= 11 is 5.38. The summed E-state index contributed by atoms with van der Waals surface area (Å²) < 4.78 is 6.94. The minimum absolute atomic E-state index is 0.505. The van der Waals surface area contributed by atoms with Crippen LogP contribution in [-0.2, 0) is 0 Å². The Balaban J connectivity index is 1.69. The lowest BCUT2D eigenvalue weighted by Gasteiger charge is -2.12. The van der Waals surface area contributed by atoms with E-state index in [2.05, 4.69) is 40.2 Å². The minimum Gasteiger partial charge on any atom is -0.493 e. The molecule has 0 N–H and O–H groups in total. The van der Waals surface area contributed by atoms with E-state index in [1.165, 1.54) is 10.5 Å². The number of thioether (sulfide) groups is 1. The molecule has 1 aliphatic rings. The third-order valence-electron chi connectivity index (χ3n) is 3.05. The van der Waals surface area contributed by atoms with Gasteiger partial charge in [0.15, 0.2) is 0 Å². The first kappa shape index (κ1) is 12.1. The van der Waals surface area contributed by atoms with Crippen LogP contribution in [0.1, 0.15) is 11.5 Å². The highest BCUT2D eigenvalue weighted by Gasteiger charge is 2.23. The molecule has 0 spiro atoms. The van der Waals surface area contributed by atoms with Crippen molar-refractivity contribution in [1.29, 1.82) is 0 Å². The van der Waals surface area contributed by atoms with Crippen molar-refractivity contribution in [3.8, 4) is 5.75 Å². The van der Waals surface area contributed by atoms with Crippen molar-refractivity contribution in [2.24, 2.45) is 0 Å². The molecule has 1 heterocycles. The van der Waals surface area contributed by atoms with Gasteiger partial charge in [0.25, 0.3) is 0 Å². The average molecular weight is 321 g/mol. The highest BCUT2D eigenvalue weighted by atomic mass is 79.9. The molecule has 1 aliphatic heterocycles. The lowest BCUT2D eigenvalue weighted by Crippen LogP contribution is -2.09. The summed E-state index contributed by atoms with van der Waals surface area (Å²) in [5.41, 5.74) is 1.43. The Labute approximate surface area is 120 Å². The number of benzene rings is 2. The highest BCUT2D eigenvalue weighted by Crippen LogP contribution is 2.39. The van der Waals surface area contributed by atoms with E-state index in [9.17, 15) is 0 Å². The van der Waals surface area contributed by atoms with Gasteiger partial charge in [0, 0.05) is 21.0 Å². The molecule has 2 aromatic carbocycles. The van der Waals surface area contributed by atoms with E-state index in [0.29, 0.717) is 5.92 Å². The van der Waals surface area contributed by atoms with Crippen LogP contribution in [0.5, 0.6) is 5.75 Å². The van der Waals surface area contributed by atoms with Gasteiger partial charge < -0.3 is 4.74 Å². The van der Waals surface area contributed by atoms with Crippen LogP contribution in [0.25, 0.3) is 0 Å². The fraction of sp³-hybridized carbons (Fsp3) is 0.200. The van der Waals surface area contributed by atoms with Gasteiger partial charge in [-0.3, -0.25) is 0 Å². The summed E-state index contributed by atoms with van der Waals surface area (Å²) in [5.74, 6) is 2.55. The second-order valence-electron chi connectivity index (χ2n) is 4.31. The van der Waals surface area contributed by atoms with Crippen LogP contribution < -0.4 is 4.74 Å². The zero-order valence-corrected chi connectivity index (χ0v) is 12.2. The van der Waals surface area contributed by atoms with Crippen molar-refractivity contribution in [3.63, 3.8) is 0 Å². The minimum atomic E-state index is 0.505. The Morgan fingerprint density at radius 3 is 2.94 bits per heavy atom. The van der Waals surface area contributed by atoms with Crippen LogP contribution >= 0.6 is 27.7 Å². The van der Waals surface area contributed by atoms with Gasteiger partial charge in [-0.15, -0.1) is 11.8 Å². The average Bonchev–Trinajstić information content (AvgIpc) is 2.80. The van der Waals surface area contributed by atoms with E-state index in [1.54, 1.807) is 0 Å². The van der Waals surface area contributed by atoms with Crippen LogP contribution in [-0.4, -0.2) is 12.4 Å². The Hall–Kier alpha value is -0.930. The molecule has 92 valence electrons. The largest absolute Gasteiger partial charge is 0.493 e. The number of halogens is 1. The van der Waals surface area contributed by atoms with Gasteiger partial charge in [0.1, 0.15) is 5.75 Å². The van der Waals surface area contributed by atoms with Crippen LogP contribution in [0.2, 0.25) is 0 Å². The fourth-order valence-corrected chi connectivity index (χ4v) is 3.73. The Bertz CT molecular complexity index is 556. The predicted octanol–water partition coefficient (Wildman–Crippen LogP) is 4.72. The molecule has 18 heavy (non-hydrogen) atoms. The molecule has 0 aromatic heterocycles. The molecule has 0 bridgehead atoms. The molecule has 1 nitrogen and oxygen atoms in total. The summed E-state index contributed by atoms with van der Waals surface area (Å²) in [5, 5.41) is 0. The topological polar surface area (TPSA) is 9.23 Å². The first-order chi connectivity index (χ1) is 8.83. The van der Waals surface area contributed by atoms with Gasteiger partial charge in [0.2, 0.25) is 0 Å². The lowest BCUT2D eigenvalue weighted by molar-refractivity contribution is 0.298. The van der Waals surface area contributed by atoms with Crippen LogP contribution in [0, 0.1) is 0 Å². The highest BCUT2D eigenvalue weighted by molar-refractivity contribution is 9.10. The maximum Gasteiger partial charge on any atom is 0.120 e. The third kappa shape index (κ3) is 2.57. The Morgan fingerprint density at radius 2 is 2.06 bits per heavy atom. The van der Waals surface area contributed by atoms with Crippen molar-refractivity contribution in [1.82, 2.24) is 0 Å². The summed E-state index contributed by atoms with van der Waals surface area (Å²) in [6.07, 6.45) is 0. The molecule has 0 radical (unpaired) electrons. The van der Waals surface area contributed by atoms with E-state index in [4.69, 9.17) is 4.74 Å². The molecule has 0 saturated carbocycles. The van der Waals surface area contributed by atoms with E-state index in [0.717, 1.165) is 22.6 Å². The molecule has 1 unspecified atom stereocenters. The molecule has 0 fully saturated rings. The predicted molar refractivity (Wildman–Crippen MR) is 79.5 cm³/mol. The monoisotopic (exact) mass is 320 g/mol. The van der Waals surface area contributed by atoms with Gasteiger partial charge in [-0.05, 0) is 29.8 Å². The number of ether oxygens (including phenoxy) is 1. The summed E-state index contributed by atoms with van der Waals surface area (Å²) in [6, 6.07) is 16.6. The maximum atomic E-state index is 5.88. The Morgan fingerprint density at radius 1 is 1.17 bits per heavy atom. The lowest BCUT2D eigenvalue weighted by atomic mass is 10.0. The summed E-state index contributed by atoms with van der Waals surface area (Å²) in [6.45, 7) is 0.750. The van der Waals surface area contributed by atoms with E-state index in [1.807, 2.05) is 36.0 Å². The zero-order chi connectivity index (χ0) is 12.4. The molecule has 1 atom stereocenters. The standard InChI is InChI=1S/C15H13BrOS/c16-12-4-3-5-13(8-12)17-9-11-10-18-15-7-2-1-6-14(11)15/h1-8,11H,9-10H2. The number of rotatable bonds is 3. The van der Waals surface area contributed by atoms with Crippen molar-refractivity contribution < 1.29 is 4.74 Å². The summed E-state index contributed by atoms with van der Waals surface area (Å²) in [7, 11) is 0. The second-order valence-corrected chi connectivity index (χ2v) is 6.29. The summed E-state index contributed by atoms with van der Waals surface area (Å²) in [4.78, 5) is 1.40. The van der Waals surface area contributed by atoms with Crippen molar-refractivity contribution in [3.05, 3.63) is 58.6 Å². The fourth-order valence-electron chi connectivity index (χ4n) is 2.12. The van der Waals surface area contributed by atoms with Gasteiger partial charge >= 0.3 is 0 Å². The van der Waals surface area contributed by atoms with Crippen molar-refractivity contribution in [2.45, 2.75) is 10.8 Å². The zero-order valence-electron chi connectivity index (χ0n) is 9.80. The molecular formula is C15H13BrOS. The molecule has 0 amide bonds. The molecule has 0 aliphatic carbocycles.